The summed E-state index contributed by atoms with van der Waals surface area (Å²) in [6, 6.07) is 5.45. The van der Waals surface area contributed by atoms with Gasteiger partial charge in [0.2, 0.25) is 0 Å². The van der Waals surface area contributed by atoms with Crippen molar-refractivity contribution in [2.24, 2.45) is 0 Å². The van der Waals surface area contributed by atoms with Crippen molar-refractivity contribution in [1.82, 2.24) is 0 Å². The molecule has 0 unspecified atom stereocenters. The van der Waals surface area contributed by atoms with Crippen LogP contribution in [0.25, 0.3) is 6.08 Å². The van der Waals surface area contributed by atoms with E-state index in [1.807, 2.05) is 0 Å². The van der Waals surface area contributed by atoms with Crippen molar-refractivity contribution in [3.05, 3.63) is 41.5 Å². The number of benzene rings is 1. The van der Waals surface area contributed by atoms with Crippen LogP contribution in [0.4, 0.5) is 13.2 Å². The van der Waals surface area contributed by atoms with Gasteiger partial charge < -0.3 is 0 Å². The molecule has 76 valence electrons. The van der Waals surface area contributed by atoms with Gasteiger partial charge in [0.05, 0.1) is 5.56 Å². The number of hydrogen-bond acceptors (Lipinski definition) is 1. The van der Waals surface area contributed by atoms with Crippen molar-refractivity contribution < 1.29 is 13.2 Å². The maximum atomic E-state index is 12.4. The number of hydrogen-bond donors (Lipinski definition) is 1. The molecule has 0 N–H and O–H groups in total. The third-order valence-electron chi connectivity index (χ3n) is 1.67. The zero-order chi connectivity index (χ0) is 10.6. The normalized spacial score (nSPS) is 12.3. The summed E-state index contributed by atoms with van der Waals surface area (Å²) < 4.78 is 37.3. The predicted molar refractivity (Wildman–Crippen MR) is 54.3 cm³/mol. The molecular formula is C10H9F3S. The highest BCUT2D eigenvalue weighted by molar-refractivity contribution is 7.80. The topological polar surface area (TPSA) is 0 Å². The van der Waals surface area contributed by atoms with Crippen LogP contribution in [-0.2, 0) is 6.18 Å². The van der Waals surface area contributed by atoms with Gasteiger partial charge in [0.15, 0.2) is 0 Å². The minimum Gasteiger partial charge on any atom is -0.175 e. The molecule has 0 radical (unpaired) electrons. The highest BCUT2D eigenvalue weighted by Crippen LogP contribution is 2.32. The van der Waals surface area contributed by atoms with Gasteiger partial charge in [-0.25, -0.2) is 0 Å². The zero-order valence-corrected chi connectivity index (χ0v) is 8.15. The molecule has 0 saturated carbocycles. The van der Waals surface area contributed by atoms with E-state index >= 15 is 0 Å². The molecule has 0 heterocycles. The Morgan fingerprint density at radius 1 is 1.21 bits per heavy atom. The Kier molecular flexibility index (Phi) is 3.63. The van der Waals surface area contributed by atoms with Crippen molar-refractivity contribution in [1.29, 1.82) is 0 Å². The number of rotatable bonds is 2. The third-order valence-corrected chi connectivity index (χ3v) is 1.88. The zero-order valence-electron chi connectivity index (χ0n) is 7.25. The lowest BCUT2D eigenvalue weighted by Gasteiger charge is -2.09. The van der Waals surface area contributed by atoms with Gasteiger partial charge in [-0.1, -0.05) is 30.4 Å². The smallest absolute Gasteiger partial charge is 0.175 e. The average molecular weight is 218 g/mol. The fourth-order valence-electron chi connectivity index (χ4n) is 1.08. The maximum absolute atomic E-state index is 12.4. The Bertz CT molecular complexity index is 328. The lowest BCUT2D eigenvalue weighted by Crippen LogP contribution is -2.06. The Morgan fingerprint density at radius 2 is 1.86 bits per heavy atom. The van der Waals surface area contributed by atoms with Gasteiger partial charge >= 0.3 is 6.18 Å². The summed E-state index contributed by atoms with van der Waals surface area (Å²) in [5.41, 5.74) is -0.438. The molecule has 1 rings (SSSR count). The van der Waals surface area contributed by atoms with E-state index in [2.05, 4.69) is 12.6 Å². The molecule has 0 saturated heterocycles. The first-order valence-electron chi connectivity index (χ1n) is 3.99. The Labute approximate surface area is 85.9 Å². The van der Waals surface area contributed by atoms with E-state index in [0.29, 0.717) is 5.75 Å². The van der Waals surface area contributed by atoms with E-state index in [9.17, 15) is 13.2 Å². The number of thiol groups is 1. The lowest BCUT2D eigenvalue weighted by atomic mass is 10.1. The predicted octanol–water partition coefficient (Wildman–Crippen LogP) is 3.65. The van der Waals surface area contributed by atoms with Gasteiger partial charge in [0.25, 0.3) is 0 Å². The molecule has 0 atom stereocenters. The summed E-state index contributed by atoms with van der Waals surface area (Å²) in [6.45, 7) is 0. The van der Waals surface area contributed by atoms with E-state index in [0.717, 1.165) is 6.07 Å². The largest absolute Gasteiger partial charge is 0.416 e. The fraction of sp³-hybridized carbons (Fsp3) is 0.200. The van der Waals surface area contributed by atoms with Crippen molar-refractivity contribution in [2.45, 2.75) is 6.18 Å². The highest BCUT2D eigenvalue weighted by atomic mass is 32.1. The molecule has 0 fully saturated rings. The second kappa shape index (κ2) is 4.55. The maximum Gasteiger partial charge on any atom is 0.416 e. The van der Waals surface area contributed by atoms with E-state index in [4.69, 9.17) is 0 Å². The molecule has 14 heavy (non-hydrogen) atoms. The number of alkyl halides is 3. The Morgan fingerprint density at radius 3 is 2.43 bits per heavy atom. The summed E-state index contributed by atoms with van der Waals surface area (Å²) in [4.78, 5) is 0. The van der Waals surface area contributed by atoms with E-state index in [1.165, 1.54) is 18.2 Å². The van der Waals surface area contributed by atoms with Gasteiger partial charge in [0.1, 0.15) is 0 Å². The molecular weight excluding hydrogens is 209 g/mol. The van der Waals surface area contributed by atoms with Crippen molar-refractivity contribution in [3.63, 3.8) is 0 Å². The molecule has 0 aliphatic heterocycles. The first kappa shape index (κ1) is 11.2. The van der Waals surface area contributed by atoms with Gasteiger partial charge in [-0.2, -0.15) is 25.8 Å². The first-order valence-corrected chi connectivity index (χ1v) is 4.62. The van der Waals surface area contributed by atoms with Gasteiger partial charge in [-0.3, -0.25) is 0 Å². The quantitative estimate of drug-likeness (QED) is 0.720. The van der Waals surface area contributed by atoms with E-state index in [1.54, 1.807) is 12.1 Å². The summed E-state index contributed by atoms with van der Waals surface area (Å²) in [7, 11) is 0. The van der Waals surface area contributed by atoms with Crippen LogP contribution in [0.5, 0.6) is 0 Å². The summed E-state index contributed by atoms with van der Waals surface area (Å²) in [6.07, 6.45) is -1.29. The van der Waals surface area contributed by atoms with Crippen LogP contribution in [0.15, 0.2) is 30.3 Å². The van der Waals surface area contributed by atoms with Crippen molar-refractivity contribution >= 4 is 18.7 Å². The van der Waals surface area contributed by atoms with Gasteiger partial charge in [0, 0.05) is 5.75 Å². The van der Waals surface area contributed by atoms with E-state index in [-0.39, 0.29) is 5.56 Å². The molecule has 4 heteroatoms. The summed E-state index contributed by atoms with van der Waals surface area (Å²) in [5, 5.41) is 0. The van der Waals surface area contributed by atoms with Crippen molar-refractivity contribution in [3.8, 4) is 0 Å². The first-order chi connectivity index (χ1) is 6.55. The summed E-state index contributed by atoms with van der Waals surface area (Å²) >= 11 is 3.89. The standard InChI is InChI=1S/C10H9F3S/c11-10(12,13)9-6-2-1-4-8(9)5-3-7-14/h1-6,14H,7H2. The fourth-order valence-corrected chi connectivity index (χ4v) is 1.19. The minimum absolute atomic E-state index is 0.175. The highest BCUT2D eigenvalue weighted by Gasteiger charge is 2.32. The molecule has 0 bridgehead atoms. The molecule has 0 nitrogen and oxygen atoms in total. The van der Waals surface area contributed by atoms with Gasteiger partial charge in [-0.05, 0) is 11.6 Å². The van der Waals surface area contributed by atoms with Crippen LogP contribution in [0.1, 0.15) is 11.1 Å². The van der Waals surface area contributed by atoms with Crippen LogP contribution in [-0.4, -0.2) is 5.75 Å². The second-order valence-corrected chi connectivity index (χ2v) is 3.04. The lowest BCUT2D eigenvalue weighted by molar-refractivity contribution is -0.137. The molecule has 0 aliphatic rings. The van der Waals surface area contributed by atoms with Crippen LogP contribution in [0.3, 0.4) is 0 Å². The Hall–Kier alpha value is -0.900. The van der Waals surface area contributed by atoms with Crippen LogP contribution >= 0.6 is 12.6 Å². The Balaban J connectivity index is 3.10. The SMILES string of the molecule is FC(F)(F)c1ccccc1C=CCS. The monoisotopic (exact) mass is 218 g/mol. The van der Waals surface area contributed by atoms with Gasteiger partial charge in [-0.15, -0.1) is 0 Å². The third kappa shape index (κ3) is 2.80. The average Bonchev–Trinajstić information content (AvgIpc) is 2.14. The number of halogens is 3. The molecule has 0 aromatic heterocycles. The second-order valence-electron chi connectivity index (χ2n) is 2.67. The molecule has 0 amide bonds. The van der Waals surface area contributed by atoms with E-state index < -0.39 is 11.7 Å². The summed E-state index contributed by atoms with van der Waals surface area (Å²) in [5.74, 6) is 0.423. The van der Waals surface area contributed by atoms with Crippen LogP contribution in [0, 0.1) is 0 Å². The molecule has 1 aromatic rings. The molecule has 0 spiro atoms. The van der Waals surface area contributed by atoms with Crippen molar-refractivity contribution in [2.75, 3.05) is 5.75 Å². The molecule has 1 aromatic carbocycles. The molecule has 0 aliphatic carbocycles. The minimum atomic E-state index is -4.29. The van der Waals surface area contributed by atoms with Crippen LogP contribution in [0.2, 0.25) is 0 Å². The van der Waals surface area contributed by atoms with Crippen LogP contribution < -0.4 is 0 Å².